The van der Waals surface area contributed by atoms with Crippen LogP contribution in [0, 0.1) is 12.7 Å². The van der Waals surface area contributed by atoms with Crippen LogP contribution in [0.4, 0.5) is 4.39 Å². The second kappa shape index (κ2) is 12.4. The number of carbonyl (C=O) groups excluding carboxylic acids is 3. The number of hydrogen-bond acceptors (Lipinski definition) is 6. The van der Waals surface area contributed by atoms with Gasteiger partial charge in [0.05, 0.1) is 24.3 Å². The molecule has 3 amide bonds. The van der Waals surface area contributed by atoms with Crippen LogP contribution in [-0.4, -0.2) is 72.9 Å². The van der Waals surface area contributed by atoms with Gasteiger partial charge in [0.1, 0.15) is 17.7 Å². The molecule has 0 aliphatic carbocycles. The standard InChI is InChI=1S/C29H34FN7O3/c1-20-32-27-24(18-21-8-3-2-4-9-21)33-28(39)25-10-5-6-15-36(25)26(38)11-7-14-35(16-17-37(27)34-20)29(40)22-12-13-31-19-23(22)30/h2-4,8-9,12-13,19,24-25H,5-7,10-11,14-18H2,1H3,(H,33,39)/t24-,25+/m1/s1. The van der Waals surface area contributed by atoms with Crippen molar-refractivity contribution < 1.29 is 18.8 Å². The number of nitrogens with zero attached hydrogens (tertiary/aromatic N) is 6. The third kappa shape index (κ3) is 6.19. The van der Waals surface area contributed by atoms with Crippen molar-refractivity contribution in [3.8, 4) is 0 Å². The summed E-state index contributed by atoms with van der Waals surface area (Å²) in [5.41, 5.74) is 0.949. The van der Waals surface area contributed by atoms with Gasteiger partial charge < -0.3 is 15.1 Å². The minimum Gasteiger partial charge on any atom is -0.344 e. The number of aromatic nitrogens is 4. The summed E-state index contributed by atoms with van der Waals surface area (Å²) in [6.07, 6.45) is 5.76. The summed E-state index contributed by atoms with van der Waals surface area (Å²) in [6, 6.07) is 10.1. The molecule has 1 fully saturated rings. The molecule has 5 rings (SSSR count). The summed E-state index contributed by atoms with van der Waals surface area (Å²) in [4.78, 5) is 52.0. The SMILES string of the molecule is Cc1nc2n(n1)CCN(C(=O)c1ccncc1F)CCCC(=O)N1CCCC[C@H]1C(=O)N[C@@H]2Cc1ccccc1. The molecule has 2 aliphatic heterocycles. The van der Waals surface area contributed by atoms with Crippen LogP contribution in [0.3, 0.4) is 0 Å². The summed E-state index contributed by atoms with van der Waals surface area (Å²) in [5, 5.41) is 7.77. The molecule has 2 aliphatic rings. The van der Waals surface area contributed by atoms with Crippen molar-refractivity contribution in [2.75, 3.05) is 19.6 Å². The number of halogens is 1. The van der Waals surface area contributed by atoms with E-state index in [0.717, 1.165) is 24.6 Å². The molecule has 2 atom stereocenters. The molecule has 10 nitrogen and oxygen atoms in total. The smallest absolute Gasteiger partial charge is 0.257 e. The first-order valence-corrected chi connectivity index (χ1v) is 13.8. The number of pyridine rings is 1. The number of amides is 3. The lowest BCUT2D eigenvalue weighted by Gasteiger charge is -2.36. The fraction of sp³-hybridized carbons (Fsp3) is 0.448. The van der Waals surface area contributed by atoms with Crippen LogP contribution in [0.2, 0.25) is 0 Å². The maximum atomic E-state index is 14.5. The van der Waals surface area contributed by atoms with Gasteiger partial charge in [-0.25, -0.2) is 14.1 Å². The Morgan fingerprint density at radius 2 is 1.88 bits per heavy atom. The van der Waals surface area contributed by atoms with E-state index < -0.39 is 23.8 Å². The summed E-state index contributed by atoms with van der Waals surface area (Å²) >= 11 is 0. The number of piperidine rings is 1. The summed E-state index contributed by atoms with van der Waals surface area (Å²) in [6.45, 7) is 3.07. The Hall–Kier alpha value is -4.15. The zero-order valence-electron chi connectivity index (χ0n) is 22.6. The van der Waals surface area contributed by atoms with Gasteiger partial charge in [-0.05, 0) is 50.7 Å². The third-order valence-electron chi connectivity index (χ3n) is 7.53. The Morgan fingerprint density at radius 1 is 1.05 bits per heavy atom. The first kappa shape index (κ1) is 27.4. The maximum absolute atomic E-state index is 14.5. The van der Waals surface area contributed by atoms with E-state index in [1.54, 1.807) is 21.4 Å². The lowest BCUT2D eigenvalue weighted by atomic mass is 9.99. The normalized spacial score (nSPS) is 20.8. The molecular formula is C29H34FN7O3. The molecule has 1 aromatic carbocycles. The molecule has 4 heterocycles. The monoisotopic (exact) mass is 547 g/mol. The molecule has 1 saturated heterocycles. The molecule has 0 unspecified atom stereocenters. The Kier molecular flexibility index (Phi) is 8.47. The average molecular weight is 548 g/mol. The summed E-state index contributed by atoms with van der Waals surface area (Å²) in [7, 11) is 0. The van der Waals surface area contributed by atoms with Gasteiger partial charge in [0, 0.05) is 32.3 Å². The minimum atomic E-state index is -0.693. The molecular weight excluding hydrogens is 513 g/mol. The van der Waals surface area contributed by atoms with Gasteiger partial charge in [0.15, 0.2) is 5.82 Å². The predicted octanol–water partition coefficient (Wildman–Crippen LogP) is 2.84. The van der Waals surface area contributed by atoms with E-state index in [1.807, 2.05) is 30.3 Å². The molecule has 210 valence electrons. The highest BCUT2D eigenvalue weighted by atomic mass is 19.1. The van der Waals surface area contributed by atoms with Crippen molar-refractivity contribution in [2.24, 2.45) is 0 Å². The number of benzene rings is 1. The first-order valence-electron chi connectivity index (χ1n) is 13.8. The second-order valence-electron chi connectivity index (χ2n) is 10.3. The zero-order valence-corrected chi connectivity index (χ0v) is 22.6. The average Bonchev–Trinajstić information content (AvgIpc) is 3.34. The predicted molar refractivity (Wildman–Crippen MR) is 144 cm³/mol. The maximum Gasteiger partial charge on any atom is 0.257 e. The molecule has 3 aromatic rings. The third-order valence-corrected chi connectivity index (χ3v) is 7.53. The van der Waals surface area contributed by atoms with E-state index in [9.17, 15) is 18.8 Å². The van der Waals surface area contributed by atoms with E-state index in [4.69, 9.17) is 0 Å². The topological polar surface area (TPSA) is 113 Å². The molecule has 0 radical (unpaired) electrons. The van der Waals surface area contributed by atoms with Gasteiger partial charge in [-0.2, -0.15) is 5.10 Å². The van der Waals surface area contributed by atoms with Gasteiger partial charge in [-0.1, -0.05) is 30.3 Å². The Balaban J connectivity index is 1.50. The summed E-state index contributed by atoms with van der Waals surface area (Å²) in [5.74, 6) is -0.354. The number of hydrogen-bond donors (Lipinski definition) is 1. The molecule has 0 spiro atoms. The Morgan fingerprint density at radius 3 is 2.67 bits per heavy atom. The van der Waals surface area contributed by atoms with E-state index in [0.29, 0.717) is 44.0 Å². The van der Waals surface area contributed by atoms with Crippen LogP contribution in [0.5, 0.6) is 0 Å². The van der Waals surface area contributed by atoms with E-state index in [2.05, 4.69) is 20.4 Å². The molecule has 0 saturated carbocycles. The van der Waals surface area contributed by atoms with Gasteiger partial charge in [0.2, 0.25) is 11.8 Å². The number of carbonyl (C=O) groups is 3. The lowest BCUT2D eigenvalue weighted by Crippen LogP contribution is -2.53. The van der Waals surface area contributed by atoms with Gasteiger partial charge in [0.25, 0.3) is 5.91 Å². The Labute approximate surface area is 232 Å². The van der Waals surface area contributed by atoms with Crippen LogP contribution < -0.4 is 5.32 Å². The number of rotatable bonds is 3. The van der Waals surface area contributed by atoms with Crippen molar-refractivity contribution in [1.29, 1.82) is 0 Å². The van der Waals surface area contributed by atoms with Gasteiger partial charge in [-0.3, -0.25) is 19.4 Å². The molecule has 11 heteroatoms. The summed E-state index contributed by atoms with van der Waals surface area (Å²) < 4.78 is 16.2. The van der Waals surface area contributed by atoms with Crippen LogP contribution in [0.1, 0.15) is 65.7 Å². The van der Waals surface area contributed by atoms with Crippen LogP contribution in [0.15, 0.2) is 48.8 Å². The van der Waals surface area contributed by atoms with E-state index in [1.165, 1.54) is 12.3 Å². The van der Waals surface area contributed by atoms with Gasteiger partial charge in [-0.15, -0.1) is 0 Å². The molecule has 0 bridgehead atoms. The zero-order chi connectivity index (χ0) is 28.1. The molecule has 1 N–H and O–H groups in total. The second-order valence-corrected chi connectivity index (χ2v) is 10.3. The van der Waals surface area contributed by atoms with Crippen molar-refractivity contribution in [3.05, 3.63) is 77.4 Å². The highest BCUT2D eigenvalue weighted by Gasteiger charge is 2.34. The Bertz CT molecular complexity index is 1360. The fourth-order valence-electron chi connectivity index (χ4n) is 5.54. The van der Waals surface area contributed by atoms with Crippen LogP contribution >= 0.6 is 0 Å². The molecule has 40 heavy (non-hydrogen) atoms. The van der Waals surface area contributed by atoms with E-state index >= 15 is 0 Å². The van der Waals surface area contributed by atoms with Crippen molar-refractivity contribution in [1.82, 2.24) is 34.9 Å². The first-order chi connectivity index (χ1) is 19.4. The fourth-order valence-corrected chi connectivity index (χ4v) is 5.54. The number of fused-ring (bicyclic) bond motifs is 2. The van der Waals surface area contributed by atoms with Crippen molar-refractivity contribution in [2.45, 2.75) is 64.1 Å². The molecule has 2 aromatic heterocycles. The number of aryl methyl sites for hydroxylation is 1. The highest BCUT2D eigenvalue weighted by molar-refractivity contribution is 5.94. The quantitative estimate of drug-likeness (QED) is 0.540. The minimum absolute atomic E-state index is 0.0669. The highest BCUT2D eigenvalue weighted by Crippen LogP contribution is 2.23. The van der Waals surface area contributed by atoms with Crippen LogP contribution in [0.25, 0.3) is 0 Å². The van der Waals surface area contributed by atoms with Gasteiger partial charge >= 0.3 is 0 Å². The van der Waals surface area contributed by atoms with E-state index in [-0.39, 0.29) is 36.9 Å². The lowest BCUT2D eigenvalue weighted by molar-refractivity contribution is -0.142. The largest absolute Gasteiger partial charge is 0.344 e. The van der Waals surface area contributed by atoms with Crippen molar-refractivity contribution in [3.63, 3.8) is 0 Å². The number of nitrogens with one attached hydrogen (secondary N) is 1. The van der Waals surface area contributed by atoms with Crippen LogP contribution in [-0.2, 0) is 22.6 Å². The van der Waals surface area contributed by atoms with Crippen molar-refractivity contribution >= 4 is 17.7 Å².